The number of hydrogen-bond donors (Lipinski definition) is 1. The third-order valence-corrected chi connectivity index (χ3v) is 3.75. The van der Waals surface area contributed by atoms with E-state index in [2.05, 4.69) is 24.1 Å². The van der Waals surface area contributed by atoms with Crippen LogP contribution in [0.25, 0.3) is 0 Å². The van der Waals surface area contributed by atoms with Crippen molar-refractivity contribution in [3.8, 4) is 0 Å². The number of carbonyl (C=O) groups excluding carboxylic acids is 1. The van der Waals surface area contributed by atoms with Gasteiger partial charge < -0.3 is 10.2 Å². The minimum absolute atomic E-state index is 0.244. The van der Waals surface area contributed by atoms with E-state index in [1.54, 1.807) is 0 Å². The number of amides is 1. The molecule has 0 aliphatic carbocycles. The van der Waals surface area contributed by atoms with Gasteiger partial charge in [0.2, 0.25) is 5.91 Å². The summed E-state index contributed by atoms with van der Waals surface area (Å²) < 4.78 is 0. The Morgan fingerprint density at radius 3 is 2.78 bits per heavy atom. The molecule has 0 aromatic carbocycles. The molecule has 1 N–H and O–H groups in total. The van der Waals surface area contributed by atoms with Crippen molar-refractivity contribution < 1.29 is 4.79 Å². The molecule has 1 unspecified atom stereocenters. The maximum Gasteiger partial charge on any atom is 0.236 e. The normalized spacial score (nSPS) is 21.3. The van der Waals surface area contributed by atoms with E-state index in [1.807, 2.05) is 18.9 Å². The number of likely N-dealkylation sites (N-methyl/N-ethyl adjacent to an activating group) is 1. The summed E-state index contributed by atoms with van der Waals surface area (Å²) in [6.07, 6.45) is 3.73. The highest BCUT2D eigenvalue weighted by Crippen LogP contribution is 2.16. The van der Waals surface area contributed by atoms with E-state index >= 15 is 0 Å². The van der Waals surface area contributed by atoms with Crippen LogP contribution in [0.5, 0.6) is 0 Å². The van der Waals surface area contributed by atoms with Gasteiger partial charge in [0.1, 0.15) is 0 Å². The van der Waals surface area contributed by atoms with Crippen LogP contribution in [0.1, 0.15) is 40.0 Å². The molecule has 106 valence electrons. The molecule has 0 aromatic heterocycles. The second kappa shape index (κ2) is 7.74. The molecule has 1 fully saturated rings. The van der Waals surface area contributed by atoms with Gasteiger partial charge in [0.15, 0.2) is 0 Å². The smallest absolute Gasteiger partial charge is 0.236 e. The number of nitrogens with zero attached hydrogens (tertiary/aromatic N) is 2. The minimum atomic E-state index is 0.244. The molecule has 1 amide bonds. The fourth-order valence-electron chi connectivity index (χ4n) is 2.34. The molecular formula is C14H29N3O. The van der Waals surface area contributed by atoms with Crippen molar-refractivity contribution in [2.45, 2.75) is 52.1 Å². The number of rotatable bonds is 6. The molecule has 1 aliphatic heterocycles. The van der Waals surface area contributed by atoms with Crippen molar-refractivity contribution in [1.82, 2.24) is 15.1 Å². The number of likely N-dealkylation sites (tertiary alicyclic amines) is 1. The molecule has 4 nitrogen and oxygen atoms in total. The highest BCUT2D eigenvalue weighted by Gasteiger charge is 2.24. The zero-order valence-electron chi connectivity index (χ0n) is 12.4. The molecule has 1 heterocycles. The fraction of sp³-hybridized carbons (Fsp3) is 0.929. The standard InChI is InChI=1S/C14H29N3O/c1-5-16(4)14(18)11-17-9-7-6-8-13(17)10-15-12(2)3/h12-13,15H,5-11H2,1-4H3. The first-order chi connectivity index (χ1) is 8.54. The highest BCUT2D eigenvalue weighted by atomic mass is 16.2. The largest absolute Gasteiger partial charge is 0.345 e. The summed E-state index contributed by atoms with van der Waals surface area (Å²) in [4.78, 5) is 16.2. The van der Waals surface area contributed by atoms with Gasteiger partial charge in [-0.15, -0.1) is 0 Å². The van der Waals surface area contributed by atoms with Crippen LogP contribution in [-0.2, 0) is 4.79 Å². The molecular weight excluding hydrogens is 226 g/mol. The summed E-state index contributed by atoms with van der Waals surface area (Å²) in [7, 11) is 1.88. The lowest BCUT2D eigenvalue weighted by Crippen LogP contribution is -2.50. The van der Waals surface area contributed by atoms with E-state index in [9.17, 15) is 4.79 Å². The third kappa shape index (κ3) is 4.94. The van der Waals surface area contributed by atoms with E-state index in [0.29, 0.717) is 18.6 Å². The zero-order chi connectivity index (χ0) is 13.5. The van der Waals surface area contributed by atoms with Gasteiger partial charge in [0.25, 0.3) is 0 Å². The average molecular weight is 255 g/mol. The molecule has 0 aromatic rings. The molecule has 4 heteroatoms. The maximum atomic E-state index is 12.0. The first-order valence-corrected chi connectivity index (χ1v) is 7.26. The van der Waals surface area contributed by atoms with Gasteiger partial charge in [-0.1, -0.05) is 20.3 Å². The van der Waals surface area contributed by atoms with Crippen LogP contribution in [0.2, 0.25) is 0 Å². The average Bonchev–Trinajstić information content (AvgIpc) is 2.36. The maximum absolute atomic E-state index is 12.0. The van der Waals surface area contributed by atoms with Crippen molar-refractivity contribution >= 4 is 5.91 Å². The quantitative estimate of drug-likeness (QED) is 0.777. The SMILES string of the molecule is CCN(C)C(=O)CN1CCCCC1CNC(C)C. The molecule has 1 atom stereocenters. The van der Waals surface area contributed by atoms with E-state index in [1.165, 1.54) is 19.3 Å². The Labute approximate surface area is 112 Å². The second-order valence-electron chi connectivity index (χ2n) is 5.59. The monoisotopic (exact) mass is 255 g/mol. The van der Waals surface area contributed by atoms with Crippen molar-refractivity contribution in [2.75, 3.05) is 33.2 Å². The molecule has 1 saturated heterocycles. The Balaban J connectivity index is 2.46. The van der Waals surface area contributed by atoms with Crippen molar-refractivity contribution in [1.29, 1.82) is 0 Å². The molecule has 0 bridgehead atoms. The summed E-state index contributed by atoms with van der Waals surface area (Å²) in [5.41, 5.74) is 0. The van der Waals surface area contributed by atoms with Crippen LogP contribution in [0.4, 0.5) is 0 Å². The van der Waals surface area contributed by atoms with Crippen molar-refractivity contribution in [2.24, 2.45) is 0 Å². The predicted octanol–water partition coefficient (Wildman–Crippen LogP) is 1.32. The minimum Gasteiger partial charge on any atom is -0.345 e. The lowest BCUT2D eigenvalue weighted by Gasteiger charge is -2.36. The van der Waals surface area contributed by atoms with E-state index in [0.717, 1.165) is 19.6 Å². The molecule has 18 heavy (non-hydrogen) atoms. The summed E-state index contributed by atoms with van der Waals surface area (Å²) in [6, 6.07) is 1.04. The van der Waals surface area contributed by atoms with Crippen LogP contribution in [0.15, 0.2) is 0 Å². The van der Waals surface area contributed by atoms with Crippen molar-refractivity contribution in [3.63, 3.8) is 0 Å². The topological polar surface area (TPSA) is 35.6 Å². The van der Waals surface area contributed by atoms with Gasteiger partial charge in [0.05, 0.1) is 6.54 Å². The Morgan fingerprint density at radius 2 is 2.17 bits per heavy atom. The van der Waals surface area contributed by atoms with Gasteiger partial charge in [-0.25, -0.2) is 0 Å². The van der Waals surface area contributed by atoms with Gasteiger partial charge in [-0.2, -0.15) is 0 Å². The summed E-state index contributed by atoms with van der Waals surface area (Å²) >= 11 is 0. The first-order valence-electron chi connectivity index (χ1n) is 7.26. The Hall–Kier alpha value is -0.610. The van der Waals surface area contributed by atoms with Gasteiger partial charge in [-0.05, 0) is 26.3 Å². The Morgan fingerprint density at radius 1 is 1.44 bits per heavy atom. The fourth-order valence-corrected chi connectivity index (χ4v) is 2.34. The van der Waals surface area contributed by atoms with E-state index in [-0.39, 0.29) is 5.91 Å². The van der Waals surface area contributed by atoms with Gasteiger partial charge in [-0.3, -0.25) is 9.69 Å². The zero-order valence-corrected chi connectivity index (χ0v) is 12.4. The molecule has 0 spiro atoms. The van der Waals surface area contributed by atoms with Crippen LogP contribution >= 0.6 is 0 Å². The third-order valence-electron chi connectivity index (χ3n) is 3.75. The Kier molecular flexibility index (Phi) is 6.65. The summed E-state index contributed by atoms with van der Waals surface area (Å²) in [5.74, 6) is 0.244. The lowest BCUT2D eigenvalue weighted by molar-refractivity contribution is -0.131. The predicted molar refractivity (Wildman–Crippen MR) is 75.7 cm³/mol. The van der Waals surface area contributed by atoms with Crippen LogP contribution in [-0.4, -0.2) is 61.0 Å². The molecule has 0 radical (unpaired) electrons. The second-order valence-corrected chi connectivity index (χ2v) is 5.59. The van der Waals surface area contributed by atoms with Crippen LogP contribution in [0, 0.1) is 0 Å². The van der Waals surface area contributed by atoms with Crippen molar-refractivity contribution in [3.05, 3.63) is 0 Å². The highest BCUT2D eigenvalue weighted by molar-refractivity contribution is 5.78. The number of carbonyl (C=O) groups is 1. The molecule has 0 saturated carbocycles. The first kappa shape index (κ1) is 15.4. The number of piperidine rings is 1. The van der Waals surface area contributed by atoms with Gasteiger partial charge >= 0.3 is 0 Å². The molecule has 1 aliphatic rings. The summed E-state index contributed by atoms with van der Waals surface area (Å²) in [6.45, 7) is 9.79. The van der Waals surface area contributed by atoms with E-state index in [4.69, 9.17) is 0 Å². The molecule has 1 rings (SSSR count). The number of hydrogen-bond acceptors (Lipinski definition) is 3. The van der Waals surface area contributed by atoms with E-state index < -0.39 is 0 Å². The Bertz CT molecular complexity index is 255. The summed E-state index contributed by atoms with van der Waals surface area (Å²) in [5, 5.41) is 3.50. The lowest BCUT2D eigenvalue weighted by atomic mass is 10.0. The number of nitrogens with one attached hydrogen (secondary N) is 1. The van der Waals surface area contributed by atoms with Gasteiger partial charge in [0, 0.05) is 32.2 Å². The van der Waals surface area contributed by atoms with Crippen LogP contribution < -0.4 is 5.32 Å². The van der Waals surface area contributed by atoms with Crippen LogP contribution in [0.3, 0.4) is 0 Å².